The molecule has 0 amide bonds. The van der Waals surface area contributed by atoms with E-state index < -0.39 is 23.7 Å². The molecule has 0 heterocycles. The Labute approximate surface area is 126 Å². The first kappa shape index (κ1) is 16.5. The van der Waals surface area contributed by atoms with Crippen molar-refractivity contribution >= 4 is 0 Å². The lowest BCUT2D eigenvalue weighted by Crippen LogP contribution is -2.08. The molecule has 1 nitrogen and oxygen atoms in total. The van der Waals surface area contributed by atoms with E-state index in [0.29, 0.717) is 16.7 Å². The summed E-state index contributed by atoms with van der Waals surface area (Å²) in [5, 5.41) is 10.1. The van der Waals surface area contributed by atoms with Gasteiger partial charge in [-0.05, 0) is 54.3 Å². The minimum absolute atomic E-state index is 0.0172. The molecule has 0 bridgehead atoms. The highest BCUT2D eigenvalue weighted by Gasteiger charge is 2.30. The minimum atomic E-state index is -4.41. The molecule has 1 N–H and O–H groups in total. The number of halogens is 4. The smallest absolute Gasteiger partial charge is 0.388 e. The predicted molar refractivity (Wildman–Crippen MR) is 76.0 cm³/mol. The van der Waals surface area contributed by atoms with Gasteiger partial charge in [-0.15, -0.1) is 0 Å². The topological polar surface area (TPSA) is 20.2 Å². The van der Waals surface area contributed by atoms with E-state index in [0.717, 1.165) is 17.7 Å². The third-order valence-electron chi connectivity index (χ3n) is 3.58. The summed E-state index contributed by atoms with van der Waals surface area (Å²) in [6.07, 6.45) is -5.45. The van der Waals surface area contributed by atoms with Gasteiger partial charge < -0.3 is 5.11 Å². The number of aliphatic hydroxyl groups is 1. The van der Waals surface area contributed by atoms with Gasteiger partial charge in [0.2, 0.25) is 0 Å². The second-order valence-corrected chi connectivity index (χ2v) is 5.38. The van der Waals surface area contributed by atoms with Crippen LogP contribution in [0.2, 0.25) is 0 Å². The van der Waals surface area contributed by atoms with Crippen LogP contribution in [-0.4, -0.2) is 5.11 Å². The number of rotatable bonds is 3. The molecule has 1 atom stereocenters. The van der Waals surface area contributed by atoms with E-state index in [1.54, 1.807) is 19.9 Å². The van der Waals surface area contributed by atoms with Crippen molar-refractivity contribution in [2.45, 2.75) is 32.5 Å². The van der Waals surface area contributed by atoms with Crippen molar-refractivity contribution in [1.29, 1.82) is 0 Å². The third kappa shape index (κ3) is 3.65. The van der Waals surface area contributed by atoms with Gasteiger partial charge in [0.1, 0.15) is 5.82 Å². The predicted octanol–water partition coefficient (Wildman–Crippen LogP) is 4.74. The van der Waals surface area contributed by atoms with Crippen LogP contribution in [0.25, 0.3) is 0 Å². The van der Waals surface area contributed by atoms with Crippen molar-refractivity contribution in [3.8, 4) is 0 Å². The highest BCUT2D eigenvalue weighted by molar-refractivity contribution is 5.34. The molecule has 2 rings (SSSR count). The van der Waals surface area contributed by atoms with Crippen molar-refractivity contribution in [2.75, 3.05) is 0 Å². The van der Waals surface area contributed by atoms with Crippen LogP contribution in [0.15, 0.2) is 36.4 Å². The van der Waals surface area contributed by atoms with Gasteiger partial charge in [-0.3, -0.25) is 0 Å². The van der Waals surface area contributed by atoms with E-state index in [2.05, 4.69) is 0 Å². The molecule has 0 radical (unpaired) electrons. The summed E-state index contributed by atoms with van der Waals surface area (Å²) >= 11 is 0. The van der Waals surface area contributed by atoms with E-state index in [1.807, 2.05) is 0 Å². The zero-order valence-electron chi connectivity index (χ0n) is 12.2. The highest BCUT2D eigenvalue weighted by atomic mass is 19.4. The molecule has 1 unspecified atom stereocenters. The fraction of sp³-hybridized carbons (Fsp3) is 0.294. The molecular formula is C17H16F4O. The van der Waals surface area contributed by atoms with Gasteiger partial charge in [0.15, 0.2) is 0 Å². The normalized spacial score (nSPS) is 13.2. The number of aliphatic hydroxyl groups excluding tert-OH is 1. The second kappa shape index (κ2) is 6.08. The van der Waals surface area contributed by atoms with E-state index in [9.17, 15) is 22.7 Å². The van der Waals surface area contributed by atoms with Crippen molar-refractivity contribution in [1.82, 2.24) is 0 Å². The van der Waals surface area contributed by atoms with Crippen LogP contribution in [0.4, 0.5) is 17.6 Å². The van der Waals surface area contributed by atoms with Gasteiger partial charge in [0.25, 0.3) is 0 Å². The first-order chi connectivity index (χ1) is 10.2. The Morgan fingerprint density at radius 3 is 2.14 bits per heavy atom. The third-order valence-corrected chi connectivity index (χ3v) is 3.58. The molecule has 2 aromatic carbocycles. The average molecular weight is 312 g/mol. The molecule has 0 aromatic heterocycles. The molecule has 0 saturated heterocycles. The maximum atomic E-state index is 13.9. The number of aryl methyl sites for hydroxylation is 2. The second-order valence-electron chi connectivity index (χ2n) is 5.38. The maximum absolute atomic E-state index is 13.9. The summed E-state index contributed by atoms with van der Waals surface area (Å²) < 4.78 is 51.4. The zero-order chi connectivity index (χ0) is 16.5. The van der Waals surface area contributed by atoms with Crippen LogP contribution < -0.4 is 0 Å². The largest absolute Gasteiger partial charge is 0.416 e. The standard InChI is InChI=1S/C17H16F4O/c1-10-7-11(2)14(15(18)8-10)9-16(22)12-3-5-13(6-4-12)17(19,20)21/h3-8,16,22H,9H2,1-2H3. The monoisotopic (exact) mass is 312 g/mol. The summed E-state index contributed by atoms with van der Waals surface area (Å²) in [6, 6.07) is 7.44. The number of hydrogen-bond donors (Lipinski definition) is 1. The Hall–Kier alpha value is -1.88. The summed E-state index contributed by atoms with van der Waals surface area (Å²) in [4.78, 5) is 0. The van der Waals surface area contributed by atoms with Crippen molar-refractivity contribution in [2.24, 2.45) is 0 Å². The number of alkyl halides is 3. The van der Waals surface area contributed by atoms with Gasteiger partial charge in [0, 0.05) is 6.42 Å². The summed E-state index contributed by atoms with van der Waals surface area (Å²) in [5.74, 6) is -0.413. The molecule has 118 valence electrons. The molecule has 0 aliphatic carbocycles. The number of hydrogen-bond acceptors (Lipinski definition) is 1. The van der Waals surface area contributed by atoms with Crippen LogP contribution in [0.1, 0.15) is 33.9 Å². The summed E-state index contributed by atoms with van der Waals surface area (Å²) in [7, 11) is 0. The molecule has 0 spiro atoms. The Kier molecular flexibility index (Phi) is 4.56. The van der Waals surface area contributed by atoms with Crippen LogP contribution >= 0.6 is 0 Å². The van der Waals surface area contributed by atoms with Crippen LogP contribution in [0.3, 0.4) is 0 Å². The molecule has 0 aliphatic rings. The lowest BCUT2D eigenvalue weighted by molar-refractivity contribution is -0.137. The van der Waals surface area contributed by atoms with Gasteiger partial charge in [-0.1, -0.05) is 18.2 Å². The molecule has 0 fully saturated rings. The molecular weight excluding hydrogens is 296 g/mol. The molecule has 2 aromatic rings. The Morgan fingerprint density at radius 2 is 1.64 bits per heavy atom. The van der Waals surface area contributed by atoms with E-state index in [1.165, 1.54) is 18.2 Å². The molecule has 0 saturated carbocycles. The fourth-order valence-corrected chi connectivity index (χ4v) is 2.41. The van der Waals surface area contributed by atoms with Crippen molar-refractivity contribution in [3.05, 3.63) is 70.0 Å². The zero-order valence-corrected chi connectivity index (χ0v) is 12.2. The fourth-order valence-electron chi connectivity index (χ4n) is 2.41. The van der Waals surface area contributed by atoms with Crippen LogP contribution in [0, 0.1) is 19.7 Å². The van der Waals surface area contributed by atoms with Gasteiger partial charge in [0.05, 0.1) is 11.7 Å². The number of benzene rings is 2. The summed E-state index contributed by atoms with van der Waals surface area (Å²) in [6.45, 7) is 3.51. The molecule has 5 heteroatoms. The van der Waals surface area contributed by atoms with Crippen LogP contribution in [0.5, 0.6) is 0 Å². The first-order valence-electron chi connectivity index (χ1n) is 6.79. The van der Waals surface area contributed by atoms with Crippen LogP contribution in [-0.2, 0) is 12.6 Å². The maximum Gasteiger partial charge on any atom is 0.416 e. The Bertz CT molecular complexity index is 636. The lowest BCUT2D eigenvalue weighted by Gasteiger charge is -2.15. The van der Waals surface area contributed by atoms with E-state index in [-0.39, 0.29) is 6.42 Å². The molecule has 22 heavy (non-hydrogen) atoms. The lowest BCUT2D eigenvalue weighted by atomic mass is 9.96. The van der Waals surface area contributed by atoms with Crippen molar-refractivity contribution < 1.29 is 22.7 Å². The first-order valence-corrected chi connectivity index (χ1v) is 6.79. The SMILES string of the molecule is Cc1cc(C)c(CC(O)c2ccc(C(F)(F)F)cc2)c(F)c1. The minimum Gasteiger partial charge on any atom is -0.388 e. The van der Waals surface area contributed by atoms with Gasteiger partial charge in [-0.2, -0.15) is 13.2 Å². The Morgan fingerprint density at radius 1 is 1.05 bits per heavy atom. The Balaban J connectivity index is 2.21. The highest BCUT2D eigenvalue weighted by Crippen LogP contribution is 2.30. The summed E-state index contributed by atoms with van der Waals surface area (Å²) in [5.41, 5.74) is 1.41. The van der Waals surface area contributed by atoms with Crippen molar-refractivity contribution in [3.63, 3.8) is 0 Å². The average Bonchev–Trinajstić information content (AvgIpc) is 2.41. The van der Waals surface area contributed by atoms with E-state index >= 15 is 0 Å². The van der Waals surface area contributed by atoms with Gasteiger partial charge >= 0.3 is 6.18 Å². The van der Waals surface area contributed by atoms with E-state index in [4.69, 9.17) is 0 Å². The molecule has 0 aliphatic heterocycles. The van der Waals surface area contributed by atoms with Gasteiger partial charge in [-0.25, -0.2) is 4.39 Å². The quantitative estimate of drug-likeness (QED) is 0.812.